The minimum Gasteiger partial charge on any atom is -0.493 e. The van der Waals surface area contributed by atoms with Crippen molar-refractivity contribution in [3.63, 3.8) is 0 Å². The number of carbonyl (C=O) groups excluding carboxylic acids is 2. The smallest absolute Gasteiger partial charge is 0.338 e. The maximum atomic E-state index is 12.4. The summed E-state index contributed by atoms with van der Waals surface area (Å²) in [7, 11) is 4.40. The van der Waals surface area contributed by atoms with Crippen LogP contribution in [-0.2, 0) is 16.0 Å². The summed E-state index contributed by atoms with van der Waals surface area (Å²) in [6.07, 6.45) is 2.88. The lowest BCUT2D eigenvalue weighted by molar-refractivity contribution is -0.125. The molecule has 2 aromatic rings. The van der Waals surface area contributed by atoms with Crippen LogP contribution < -0.4 is 19.5 Å². The van der Waals surface area contributed by atoms with Gasteiger partial charge in [-0.1, -0.05) is 24.3 Å². The number of rotatable bonds is 7. The first-order valence-corrected chi connectivity index (χ1v) is 9.41. The highest BCUT2D eigenvalue weighted by atomic mass is 16.5. The van der Waals surface area contributed by atoms with Crippen LogP contribution in [0.5, 0.6) is 17.2 Å². The summed E-state index contributed by atoms with van der Waals surface area (Å²) in [4.78, 5) is 24.8. The lowest BCUT2D eigenvalue weighted by atomic mass is 9.88. The Kier molecular flexibility index (Phi) is 6.59. The zero-order valence-corrected chi connectivity index (χ0v) is 16.8. The molecule has 0 aliphatic heterocycles. The molecule has 0 saturated heterocycles. The molecule has 154 valence electrons. The summed E-state index contributed by atoms with van der Waals surface area (Å²) in [5, 5.41) is 2.96. The fraction of sp³-hybridized carbons (Fsp3) is 0.364. The van der Waals surface area contributed by atoms with E-state index in [2.05, 4.69) is 11.4 Å². The number of esters is 1. The fourth-order valence-electron chi connectivity index (χ4n) is 3.55. The van der Waals surface area contributed by atoms with Crippen molar-refractivity contribution in [2.24, 2.45) is 0 Å². The Morgan fingerprint density at radius 2 is 1.72 bits per heavy atom. The van der Waals surface area contributed by atoms with Crippen LogP contribution in [0.3, 0.4) is 0 Å². The summed E-state index contributed by atoms with van der Waals surface area (Å²) < 4.78 is 20.9. The lowest BCUT2D eigenvalue weighted by Crippen LogP contribution is -2.34. The number of nitrogens with one attached hydrogen (secondary N) is 1. The van der Waals surface area contributed by atoms with Crippen LogP contribution in [0.4, 0.5) is 0 Å². The Morgan fingerprint density at radius 1 is 1.03 bits per heavy atom. The number of benzene rings is 2. The van der Waals surface area contributed by atoms with Gasteiger partial charge in [0.15, 0.2) is 18.1 Å². The Bertz CT molecular complexity index is 870. The molecule has 7 heteroatoms. The van der Waals surface area contributed by atoms with E-state index in [0.717, 1.165) is 24.8 Å². The third-order valence-electron chi connectivity index (χ3n) is 4.94. The first-order chi connectivity index (χ1) is 14.1. The highest BCUT2D eigenvalue weighted by molar-refractivity contribution is 5.92. The Hall–Kier alpha value is -3.22. The van der Waals surface area contributed by atoms with Crippen LogP contribution in [0.15, 0.2) is 36.4 Å². The third-order valence-corrected chi connectivity index (χ3v) is 4.94. The molecule has 1 unspecified atom stereocenters. The first kappa shape index (κ1) is 20.5. The standard InChI is InChI=1S/C22H25NO6/c1-26-18-11-15(12-19(27-2)21(18)28-3)22(25)29-13-20(24)23-17-10-6-8-14-7-4-5-9-16(14)17/h4-5,7,9,11-12,17H,6,8,10,13H2,1-3H3,(H,23,24). The molecule has 0 aromatic heterocycles. The van der Waals surface area contributed by atoms with Crippen LogP contribution in [-0.4, -0.2) is 39.8 Å². The molecule has 3 rings (SSSR count). The van der Waals surface area contributed by atoms with Gasteiger partial charge in [0.25, 0.3) is 5.91 Å². The van der Waals surface area contributed by atoms with Crippen molar-refractivity contribution >= 4 is 11.9 Å². The largest absolute Gasteiger partial charge is 0.493 e. The maximum Gasteiger partial charge on any atom is 0.338 e. The van der Waals surface area contributed by atoms with Gasteiger partial charge in [0, 0.05) is 0 Å². The molecule has 2 aromatic carbocycles. The second kappa shape index (κ2) is 9.32. The molecular formula is C22H25NO6. The lowest BCUT2D eigenvalue weighted by Gasteiger charge is -2.26. The number of ether oxygens (including phenoxy) is 4. The normalized spacial score (nSPS) is 15.1. The monoisotopic (exact) mass is 399 g/mol. The number of hydrogen-bond acceptors (Lipinski definition) is 6. The van der Waals surface area contributed by atoms with Gasteiger partial charge in [0.05, 0.1) is 32.9 Å². The molecule has 0 saturated carbocycles. The van der Waals surface area contributed by atoms with E-state index in [1.807, 2.05) is 18.2 Å². The second-order valence-corrected chi connectivity index (χ2v) is 6.70. The number of hydrogen-bond donors (Lipinski definition) is 1. The van der Waals surface area contributed by atoms with Gasteiger partial charge in [-0.2, -0.15) is 0 Å². The van der Waals surface area contributed by atoms with E-state index in [1.54, 1.807) is 0 Å². The van der Waals surface area contributed by atoms with Crippen molar-refractivity contribution < 1.29 is 28.5 Å². The number of amides is 1. The summed E-state index contributed by atoms with van der Waals surface area (Å²) >= 11 is 0. The molecule has 0 fully saturated rings. The molecule has 1 aliphatic carbocycles. The van der Waals surface area contributed by atoms with E-state index in [9.17, 15) is 9.59 Å². The third kappa shape index (κ3) is 4.62. The van der Waals surface area contributed by atoms with Crippen LogP contribution in [0, 0.1) is 0 Å². The summed E-state index contributed by atoms with van der Waals surface area (Å²) in [5.74, 6) is 0.0559. The van der Waals surface area contributed by atoms with Gasteiger partial charge < -0.3 is 24.3 Å². The maximum absolute atomic E-state index is 12.4. The Balaban J connectivity index is 1.63. The van der Waals surface area contributed by atoms with Gasteiger partial charge in [-0.15, -0.1) is 0 Å². The fourth-order valence-corrected chi connectivity index (χ4v) is 3.55. The predicted molar refractivity (Wildman–Crippen MR) is 107 cm³/mol. The Labute approximate surface area is 169 Å². The molecule has 29 heavy (non-hydrogen) atoms. The van der Waals surface area contributed by atoms with Crippen molar-refractivity contribution in [1.29, 1.82) is 0 Å². The zero-order chi connectivity index (χ0) is 20.8. The van der Waals surface area contributed by atoms with E-state index in [4.69, 9.17) is 18.9 Å². The topological polar surface area (TPSA) is 83.1 Å². The average Bonchev–Trinajstić information content (AvgIpc) is 2.76. The molecule has 0 spiro atoms. The highest BCUT2D eigenvalue weighted by Gasteiger charge is 2.23. The molecule has 1 aliphatic rings. The van der Waals surface area contributed by atoms with Crippen molar-refractivity contribution in [3.05, 3.63) is 53.1 Å². The number of methoxy groups -OCH3 is 3. The minimum absolute atomic E-state index is 0.0627. The van der Waals surface area contributed by atoms with Gasteiger partial charge in [-0.25, -0.2) is 4.79 Å². The van der Waals surface area contributed by atoms with Gasteiger partial charge in [0.1, 0.15) is 0 Å². The summed E-state index contributed by atoms with van der Waals surface area (Å²) in [5.41, 5.74) is 2.58. The van der Waals surface area contributed by atoms with Crippen molar-refractivity contribution in [3.8, 4) is 17.2 Å². The van der Waals surface area contributed by atoms with Crippen molar-refractivity contribution in [1.82, 2.24) is 5.32 Å². The van der Waals surface area contributed by atoms with Gasteiger partial charge in [-0.05, 0) is 42.5 Å². The molecular weight excluding hydrogens is 374 g/mol. The predicted octanol–water partition coefficient (Wildman–Crippen LogP) is 3.06. The highest BCUT2D eigenvalue weighted by Crippen LogP contribution is 2.38. The van der Waals surface area contributed by atoms with Crippen LogP contribution in [0.25, 0.3) is 0 Å². The molecule has 0 radical (unpaired) electrons. The molecule has 0 bridgehead atoms. The first-order valence-electron chi connectivity index (χ1n) is 9.41. The number of aryl methyl sites for hydroxylation is 1. The minimum atomic E-state index is -0.650. The van der Waals surface area contributed by atoms with Gasteiger partial charge in [-0.3, -0.25) is 4.79 Å². The molecule has 1 atom stereocenters. The number of carbonyl (C=O) groups is 2. The van der Waals surface area contributed by atoms with Crippen LogP contribution in [0.2, 0.25) is 0 Å². The van der Waals surface area contributed by atoms with E-state index < -0.39 is 5.97 Å². The van der Waals surface area contributed by atoms with E-state index in [1.165, 1.54) is 39.0 Å². The Morgan fingerprint density at radius 3 is 2.38 bits per heavy atom. The van der Waals surface area contributed by atoms with Gasteiger partial charge >= 0.3 is 5.97 Å². The van der Waals surface area contributed by atoms with E-state index in [0.29, 0.717) is 17.2 Å². The van der Waals surface area contributed by atoms with Crippen molar-refractivity contribution in [2.45, 2.75) is 25.3 Å². The molecule has 7 nitrogen and oxygen atoms in total. The summed E-state index contributed by atoms with van der Waals surface area (Å²) in [6.45, 7) is -0.367. The van der Waals surface area contributed by atoms with Crippen LogP contribution in [0.1, 0.15) is 40.4 Å². The van der Waals surface area contributed by atoms with Crippen LogP contribution >= 0.6 is 0 Å². The quantitative estimate of drug-likeness (QED) is 0.721. The molecule has 1 N–H and O–H groups in total. The average molecular weight is 399 g/mol. The van der Waals surface area contributed by atoms with Gasteiger partial charge in [0.2, 0.25) is 5.75 Å². The second-order valence-electron chi connectivity index (χ2n) is 6.70. The van der Waals surface area contributed by atoms with Crippen molar-refractivity contribution in [2.75, 3.05) is 27.9 Å². The summed E-state index contributed by atoms with van der Waals surface area (Å²) in [6, 6.07) is 11.0. The molecule has 0 heterocycles. The molecule has 1 amide bonds. The zero-order valence-electron chi connectivity index (χ0n) is 16.8. The van der Waals surface area contributed by atoms with E-state index >= 15 is 0 Å². The van der Waals surface area contributed by atoms with E-state index in [-0.39, 0.29) is 24.1 Å². The number of fused-ring (bicyclic) bond motifs is 1. The SMILES string of the molecule is COc1cc(C(=O)OCC(=O)NC2CCCc3ccccc32)cc(OC)c1OC.